The molecule has 7 heavy (non-hydrogen) atoms. The minimum absolute atomic E-state index is 0. The van der Waals surface area contributed by atoms with Crippen molar-refractivity contribution in [1.82, 2.24) is 0 Å². The molecule has 0 saturated heterocycles. The van der Waals surface area contributed by atoms with Gasteiger partial charge in [0.25, 0.3) is 0 Å². The van der Waals surface area contributed by atoms with Gasteiger partial charge in [0, 0.05) is 7.11 Å². The van der Waals surface area contributed by atoms with Crippen LogP contribution in [-0.4, -0.2) is 35.0 Å². The Morgan fingerprint density at radius 1 is 1.86 bits per heavy atom. The molecule has 2 nitrogen and oxygen atoms in total. The van der Waals surface area contributed by atoms with Crippen molar-refractivity contribution in [3.8, 4) is 0 Å². The zero-order valence-corrected chi connectivity index (χ0v) is 4.85. The van der Waals surface area contributed by atoms with E-state index in [0.29, 0.717) is 6.61 Å². The molecule has 0 heterocycles. The van der Waals surface area contributed by atoms with Crippen LogP contribution >= 0.6 is 0 Å². The molecule has 0 aliphatic carbocycles. The first-order valence-electron chi connectivity index (χ1n) is 1.94. The van der Waals surface area contributed by atoms with Crippen molar-refractivity contribution in [3.05, 3.63) is 0 Å². The fraction of sp³-hybridized carbons (Fsp3) is 1.00. The summed E-state index contributed by atoms with van der Waals surface area (Å²) in [5.74, 6) is 0. The molecule has 0 rings (SSSR count). The Bertz CT molecular complexity index is 37.7. The summed E-state index contributed by atoms with van der Waals surface area (Å²) >= 11 is 0. The molecule has 0 radical (unpaired) electrons. The van der Waals surface area contributed by atoms with Gasteiger partial charge in [-0.2, -0.15) is 0 Å². The summed E-state index contributed by atoms with van der Waals surface area (Å²) in [7, 11) is 1.56. The van der Waals surface area contributed by atoms with Gasteiger partial charge in [0.2, 0.25) is 0 Å². The zero-order chi connectivity index (χ0) is 4.99. The van der Waals surface area contributed by atoms with Gasteiger partial charge < -0.3 is 12.7 Å². The summed E-state index contributed by atoms with van der Waals surface area (Å²) in [5.41, 5.74) is 0. The third-order valence-electron chi connectivity index (χ3n) is 0.408. The number of hydrogen-bond acceptors (Lipinski definition) is 2. The normalized spacial score (nSPS) is 12.4. The smallest absolute Gasteiger partial charge is 1.00 e. The van der Waals surface area contributed by atoms with Gasteiger partial charge in [-0.15, -0.1) is 0 Å². The third kappa shape index (κ3) is 10.7. The van der Waals surface area contributed by atoms with Crippen LogP contribution in [0.15, 0.2) is 0 Å². The van der Waals surface area contributed by atoms with Crippen LogP contribution < -0.4 is 0 Å². The van der Waals surface area contributed by atoms with E-state index in [-0.39, 0.29) is 19.1 Å². The summed E-state index contributed by atoms with van der Waals surface area (Å²) in [6.45, 7) is 2.11. The van der Waals surface area contributed by atoms with Gasteiger partial charge in [0.05, 0.1) is 12.7 Å². The van der Waals surface area contributed by atoms with Crippen molar-refractivity contribution in [3.63, 3.8) is 0 Å². The third-order valence-corrected chi connectivity index (χ3v) is 0.408. The van der Waals surface area contributed by atoms with Gasteiger partial charge in [0.1, 0.15) is 0 Å². The molecule has 0 bridgehead atoms. The second kappa shape index (κ2) is 6.09. The first-order valence-corrected chi connectivity index (χ1v) is 1.94. The molecular weight excluding hydrogens is 89.1 g/mol. The Labute approximate surface area is 50.7 Å². The fourth-order valence-electron chi connectivity index (χ4n) is 0.241. The first kappa shape index (κ1) is 10.1. The second-order valence-electron chi connectivity index (χ2n) is 1.30. The number of methoxy groups -OCH3 is 1. The van der Waals surface area contributed by atoms with E-state index < -0.39 is 0 Å². The molecule has 0 aromatic rings. The standard InChI is InChI=1S/C4H10O2.Be.2H/c1-4(5)3-6-2;;;/h4-5H,3H2,1-2H3;;;/q;+2;2*-1. The Hall–Kier alpha value is 0.0888. The van der Waals surface area contributed by atoms with Gasteiger partial charge >= 0.3 is 10.1 Å². The van der Waals surface area contributed by atoms with E-state index in [9.17, 15) is 0 Å². The van der Waals surface area contributed by atoms with Crippen LogP contribution in [0.25, 0.3) is 0 Å². The van der Waals surface area contributed by atoms with E-state index in [2.05, 4.69) is 4.74 Å². The largest absolute Gasteiger partial charge is 2.00 e. The predicted molar refractivity (Wildman–Crippen MR) is 31.5 cm³/mol. The van der Waals surface area contributed by atoms with Crippen molar-refractivity contribution < 1.29 is 12.7 Å². The maximum absolute atomic E-state index is 8.43. The van der Waals surface area contributed by atoms with E-state index in [4.69, 9.17) is 5.11 Å². The van der Waals surface area contributed by atoms with Crippen LogP contribution in [0, 0.1) is 0 Å². The number of rotatable bonds is 2. The number of aliphatic hydroxyl groups is 1. The van der Waals surface area contributed by atoms with Gasteiger partial charge in [-0.3, -0.25) is 0 Å². The molecule has 0 spiro atoms. The molecule has 42 valence electrons. The molecule has 0 aliphatic heterocycles. The van der Waals surface area contributed by atoms with Crippen LogP contribution in [0.2, 0.25) is 0 Å². The molecule has 1 N–H and O–H groups in total. The molecule has 0 aromatic heterocycles. The topological polar surface area (TPSA) is 29.5 Å². The summed E-state index contributed by atoms with van der Waals surface area (Å²) in [6.07, 6.45) is -0.324. The Balaban J connectivity index is -0.0000000417. The molecule has 0 fully saturated rings. The summed E-state index contributed by atoms with van der Waals surface area (Å²) in [6, 6.07) is 0. The minimum Gasteiger partial charge on any atom is -1.00 e. The maximum atomic E-state index is 8.43. The van der Waals surface area contributed by atoms with Crippen molar-refractivity contribution in [2.45, 2.75) is 13.0 Å². The Morgan fingerprint density at radius 2 is 2.29 bits per heavy atom. The van der Waals surface area contributed by atoms with Gasteiger partial charge in [-0.05, 0) is 6.92 Å². The van der Waals surface area contributed by atoms with Crippen LogP contribution in [-0.2, 0) is 4.74 Å². The van der Waals surface area contributed by atoms with Crippen molar-refractivity contribution in [2.75, 3.05) is 13.7 Å². The SMILES string of the molecule is COCC(C)O.[Be+2].[H-].[H-]. The quantitative estimate of drug-likeness (QED) is 0.490. The molecule has 0 aromatic carbocycles. The van der Waals surface area contributed by atoms with Crippen LogP contribution in [0.4, 0.5) is 0 Å². The average Bonchev–Trinajstić information content (AvgIpc) is 1.35. The first-order chi connectivity index (χ1) is 2.77. The monoisotopic (exact) mass is 101 g/mol. The van der Waals surface area contributed by atoms with E-state index in [1.165, 1.54) is 0 Å². The van der Waals surface area contributed by atoms with Gasteiger partial charge in [0.15, 0.2) is 0 Å². The van der Waals surface area contributed by atoms with E-state index >= 15 is 0 Å². The second-order valence-corrected chi connectivity index (χ2v) is 1.30. The summed E-state index contributed by atoms with van der Waals surface area (Å²) < 4.78 is 4.55. The fourth-order valence-corrected chi connectivity index (χ4v) is 0.241. The minimum atomic E-state index is -0.324. The molecule has 0 amide bonds. The van der Waals surface area contributed by atoms with E-state index in [0.717, 1.165) is 0 Å². The Kier molecular flexibility index (Phi) is 8.83. The van der Waals surface area contributed by atoms with Crippen molar-refractivity contribution in [1.29, 1.82) is 0 Å². The van der Waals surface area contributed by atoms with Crippen LogP contribution in [0.5, 0.6) is 0 Å². The van der Waals surface area contributed by atoms with Crippen LogP contribution in [0.1, 0.15) is 9.78 Å². The van der Waals surface area contributed by atoms with Gasteiger partial charge in [-0.25, -0.2) is 0 Å². The van der Waals surface area contributed by atoms with Crippen molar-refractivity contribution >= 4 is 10.1 Å². The summed E-state index contributed by atoms with van der Waals surface area (Å²) in [5, 5.41) is 8.43. The van der Waals surface area contributed by atoms with Gasteiger partial charge in [-0.1, -0.05) is 0 Å². The number of hydrogen-bond donors (Lipinski definition) is 1. The zero-order valence-electron chi connectivity index (χ0n) is 6.85. The van der Waals surface area contributed by atoms with E-state index in [1.807, 2.05) is 0 Å². The molecule has 0 aliphatic rings. The molecule has 0 saturated carbocycles. The van der Waals surface area contributed by atoms with Crippen molar-refractivity contribution in [2.24, 2.45) is 0 Å². The number of aliphatic hydroxyl groups excluding tert-OH is 1. The Morgan fingerprint density at radius 3 is 2.29 bits per heavy atom. The predicted octanol–water partition coefficient (Wildman–Crippen LogP) is -0.142. The molecule has 1 atom stereocenters. The maximum Gasteiger partial charge on any atom is 2.00 e. The number of ether oxygens (including phenoxy) is 1. The van der Waals surface area contributed by atoms with E-state index in [1.54, 1.807) is 14.0 Å². The molecular formula is C4H12BeO2. The average molecular weight is 101 g/mol. The van der Waals surface area contributed by atoms with Crippen LogP contribution in [0.3, 0.4) is 0 Å². The molecule has 1 unspecified atom stereocenters. The summed E-state index contributed by atoms with van der Waals surface area (Å²) in [4.78, 5) is 0. The molecule has 3 heteroatoms.